The van der Waals surface area contributed by atoms with Gasteiger partial charge in [-0.3, -0.25) is 0 Å². The van der Waals surface area contributed by atoms with Crippen LogP contribution in [-0.2, 0) is 10.8 Å². The predicted molar refractivity (Wildman–Crippen MR) is 171 cm³/mol. The Morgan fingerprint density at radius 1 is 0.909 bits per heavy atom. The fraction of sp³-hybridized carbons (Fsp3) is 0.621. The van der Waals surface area contributed by atoms with E-state index in [-0.39, 0.29) is 28.8 Å². The van der Waals surface area contributed by atoms with Gasteiger partial charge in [-0.2, -0.15) is 39.8 Å². The molecule has 4 N–H and O–H groups in total. The van der Waals surface area contributed by atoms with Crippen molar-refractivity contribution in [3.63, 3.8) is 0 Å². The molecule has 0 bridgehead atoms. The van der Waals surface area contributed by atoms with Gasteiger partial charge in [0.25, 0.3) is 5.95 Å². The van der Waals surface area contributed by atoms with E-state index in [0.717, 1.165) is 30.4 Å². The number of carbonyl (C=O) groups is 1. The molecular weight excluding hydrogens is 560 g/mol. The molecule has 0 atom stereocenters. The predicted octanol–water partition coefficient (Wildman–Crippen LogP) is 5.67. The Morgan fingerprint density at radius 3 is 1.91 bits per heavy atom. The minimum absolute atomic E-state index is 0.00751. The SMILES string of the molecule is CCCCNc1nc(NCCCC)nc(-n2nc(C(C)(C)C)c(N=Nc3c(C#N)c(C(C)(C)C)nn3C(=O)N(C)C)c2N)n1. The van der Waals surface area contributed by atoms with E-state index < -0.39 is 16.9 Å². The molecule has 0 radical (unpaired) electrons. The van der Waals surface area contributed by atoms with Crippen molar-refractivity contribution in [2.24, 2.45) is 10.2 Å². The number of carbonyl (C=O) groups excluding carboxylic acids is 1. The third-order valence-corrected chi connectivity index (χ3v) is 6.54. The van der Waals surface area contributed by atoms with E-state index in [2.05, 4.69) is 60.8 Å². The molecular formula is C29H46N14O. The summed E-state index contributed by atoms with van der Waals surface area (Å²) in [6.07, 6.45) is 3.95. The van der Waals surface area contributed by atoms with Gasteiger partial charge in [-0.05, 0) is 12.8 Å². The largest absolute Gasteiger partial charge is 0.382 e. The van der Waals surface area contributed by atoms with Gasteiger partial charge in [0.1, 0.15) is 11.6 Å². The third-order valence-electron chi connectivity index (χ3n) is 6.54. The van der Waals surface area contributed by atoms with Crippen molar-refractivity contribution in [2.45, 2.75) is 91.9 Å². The van der Waals surface area contributed by atoms with Crippen molar-refractivity contribution in [3.8, 4) is 12.0 Å². The highest BCUT2D eigenvalue weighted by molar-refractivity contribution is 5.80. The Bertz CT molecular complexity index is 1500. The highest BCUT2D eigenvalue weighted by atomic mass is 16.2. The topological polar surface area (TPSA) is 193 Å². The number of hydrogen-bond acceptors (Lipinski definition) is 12. The zero-order chi connectivity index (χ0) is 32.8. The number of hydrogen-bond donors (Lipinski definition) is 3. The Hall–Kier alpha value is -4.61. The number of aromatic nitrogens is 7. The maximum Gasteiger partial charge on any atom is 0.346 e. The zero-order valence-electron chi connectivity index (χ0n) is 27.6. The lowest BCUT2D eigenvalue weighted by atomic mass is 9.90. The summed E-state index contributed by atoms with van der Waals surface area (Å²) >= 11 is 0. The molecule has 0 aliphatic heterocycles. The second-order valence-corrected chi connectivity index (χ2v) is 12.8. The van der Waals surface area contributed by atoms with Crippen molar-refractivity contribution in [2.75, 3.05) is 43.6 Å². The molecule has 0 aromatic carbocycles. The average Bonchev–Trinajstić information content (AvgIpc) is 3.49. The quantitative estimate of drug-likeness (QED) is 0.181. The van der Waals surface area contributed by atoms with Gasteiger partial charge in [-0.15, -0.1) is 10.2 Å². The van der Waals surface area contributed by atoms with E-state index in [1.165, 1.54) is 9.58 Å². The van der Waals surface area contributed by atoms with Crippen LogP contribution in [0.25, 0.3) is 5.95 Å². The summed E-state index contributed by atoms with van der Waals surface area (Å²) in [4.78, 5) is 28.1. The number of nitrogens with two attached hydrogens (primary N) is 1. The molecule has 0 fully saturated rings. The number of rotatable bonds is 11. The molecule has 238 valence electrons. The molecule has 0 spiro atoms. The van der Waals surface area contributed by atoms with Gasteiger partial charge < -0.3 is 21.3 Å². The smallest absolute Gasteiger partial charge is 0.346 e. The Kier molecular flexibility index (Phi) is 10.6. The molecule has 3 rings (SSSR count). The van der Waals surface area contributed by atoms with Crippen LogP contribution in [-0.4, -0.2) is 72.6 Å². The maximum atomic E-state index is 13.1. The number of nitrogen functional groups attached to an aromatic ring is 1. The van der Waals surface area contributed by atoms with Gasteiger partial charge in [0.15, 0.2) is 11.5 Å². The van der Waals surface area contributed by atoms with Crippen molar-refractivity contribution < 1.29 is 4.79 Å². The van der Waals surface area contributed by atoms with E-state index in [9.17, 15) is 10.1 Å². The molecule has 0 aliphatic carbocycles. The van der Waals surface area contributed by atoms with Gasteiger partial charge in [0.2, 0.25) is 17.7 Å². The van der Waals surface area contributed by atoms with Crippen LogP contribution in [0.15, 0.2) is 10.2 Å². The van der Waals surface area contributed by atoms with Crippen molar-refractivity contribution in [3.05, 3.63) is 17.0 Å². The van der Waals surface area contributed by atoms with Crippen molar-refractivity contribution in [1.82, 2.24) is 39.4 Å². The number of nitrogens with zero attached hydrogens (tertiary/aromatic N) is 11. The highest BCUT2D eigenvalue weighted by Crippen LogP contribution is 2.39. The minimum Gasteiger partial charge on any atom is -0.382 e. The second-order valence-electron chi connectivity index (χ2n) is 12.8. The number of nitrogens with one attached hydrogen (secondary N) is 2. The summed E-state index contributed by atoms with van der Waals surface area (Å²) in [6.45, 7) is 17.3. The van der Waals surface area contributed by atoms with Crippen LogP contribution in [0, 0.1) is 11.3 Å². The molecule has 3 aromatic heterocycles. The molecule has 15 heteroatoms. The number of unbranched alkanes of at least 4 members (excludes halogenated alkanes) is 2. The van der Waals surface area contributed by atoms with Crippen LogP contribution in [0.5, 0.6) is 0 Å². The molecule has 44 heavy (non-hydrogen) atoms. The van der Waals surface area contributed by atoms with Gasteiger partial charge in [0, 0.05) is 38.0 Å². The van der Waals surface area contributed by atoms with Crippen molar-refractivity contribution >= 4 is 35.3 Å². The lowest BCUT2D eigenvalue weighted by molar-refractivity contribution is 0.216. The molecule has 15 nitrogen and oxygen atoms in total. The summed E-state index contributed by atoms with van der Waals surface area (Å²) in [5.74, 6) is 1.16. The molecule has 0 saturated carbocycles. The van der Waals surface area contributed by atoms with Crippen LogP contribution in [0.2, 0.25) is 0 Å². The normalized spacial score (nSPS) is 12.0. The molecule has 1 amide bonds. The molecule has 0 aliphatic rings. The lowest BCUT2D eigenvalue weighted by Crippen LogP contribution is -2.28. The van der Waals surface area contributed by atoms with Gasteiger partial charge in [-0.25, -0.2) is 4.79 Å². The van der Waals surface area contributed by atoms with Crippen LogP contribution >= 0.6 is 0 Å². The summed E-state index contributed by atoms with van der Waals surface area (Å²) in [5.41, 5.74) is 7.01. The first kappa shape index (κ1) is 33.9. The first-order valence-electron chi connectivity index (χ1n) is 14.9. The van der Waals surface area contributed by atoms with Crippen LogP contribution in [0.4, 0.5) is 34.0 Å². The van der Waals surface area contributed by atoms with Crippen molar-refractivity contribution in [1.29, 1.82) is 5.26 Å². The Morgan fingerprint density at radius 2 is 1.45 bits per heavy atom. The summed E-state index contributed by atoms with van der Waals surface area (Å²) in [5, 5.41) is 34.7. The molecule has 0 saturated heterocycles. The third kappa shape index (κ3) is 7.66. The number of azo groups is 1. The molecule has 3 aromatic rings. The molecule has 0 unspecified atom stereocenters. The van der Waals surface area contributed by atoms with Gasteiger partial charge in [0.05, 0.1) is 11.4 Å². The summed E-state index contributed by atoms with van der Waals surface area (Å²) in [7, 11) is 3.19. The number of nitriles is 1. The highest BCUT2D eigenvalue weighted by Gasteiger charge is 2.31. The van der Waals surface area contributed by atoms with E-state index >= 15 is 0 Å². The van der Waals surface area contributed by atoms with Crippen LogP contribution in [0.1, 0.15) is 98.0 Å². The summed E-state index contributed by atoms with van der Waals surface area (Å²) < 4.78 is 2.51. The fourth-order valence-corrected chi connectivity index (χ4v) is 4.10. The Labute approximate surface area is 259 Å². The number of amides is 1. The van der Waals surface area contributed by atoms with E-state index in [4.69, 9.17) is 10.8 Å². The maximum absolute atomic E-state index is 13.1. The first-order valence-corrected chi connectivity index (χ1v) is 14.9. The minimum atomic E-state index is -0.530. The van der Waals surface area contributed by atoms with Crippen LogP contribution in [0.3, 0.4) is 0 Å². The standard InChI is InChI=1S/C29H46N14O/c1-11-13-15-32-24-34-25(33-16-14-12-2)36-26(35-24)42-22(31)19(21(40-42)29(6,7)8)37-38-23-18(17-30)20(28(3,4)5)39-43(23)27(44)41(9)10/h11-16,31H2,1-10H3,(H2,32,33,34,35,36). The lowest BCUT2D eigenvalue weighted by Gasteiger charge is -2.15. The Balaban J connectivity index is 2.21. The van der Waals surface area contributed by atoms with E-state index in [1.54, 1.807) is 14.1 Å². The second kappa shape index (κ2) is 13.8. The van der Waals surface area contributed by atoms with E-state index in [0.29, 0.717) is 36.4 Å². The summed E-state index contributed by atoms with van der Waals surface area (Å²) in [6, 6.07) is 1.69. The van der Waals surface area contributed by atoms with E-state index in [1.807, 2.05) is 41.5 Å². The number of anilines is 3. The van der Waals surface area contributed by atoms with Crippen LogP contribution < -0.4 is 16.4 Å². The molecule has 3 heterocycles. The zero-order valence-corrected chi connectivity index (χ0v) is 27.6. The first-order chi connectivity index (χ1) is 20.6. The average molecular weight is 607 g/mol. The monoisotopic (exact) mass is 606 g/mol. The van der Waals surface area contributed by atoms with Gasteiger partial charge >= 0.3 is 6.03 Å². The fourth-order valence-electron chi connectivity index (χ4n) is 4.10. The van der Waals surface area contributed by atoms with Gasteiger partial charge in [-0.1, -0.05) is 68.2 Å².